The van der Waals surface area contributed by atoms with E-state index in [1.807, 2.05) is 6.07 Å². The van der Waals surface area contributed by atoms with Crippen molar-refractivity contribution in [2.24, 2.45) is 0 Å². The molecule has 0 radical (unpaired) electrons. The van der Waals surface area contributed by atoms with E-state index in [2.05, 4.69) is 18.1 Å². The van der Waals surface area contributed by atoms with Gasteiger partial charge < -0.3 is 9.63 Å². The topological polar surface area (TPSA) is 63.3 Å². The molecule has 1 aromatic heterocycles. The Labute approximate surface area is 104 Å². The van der Waals surface area contributed by atoms with Gasteiger partial charge in [0.1, 0.15) is 0 Å². The lowest BCUT2D eigenvalue weighted by Gasteiger charge is -2.07. The number of hydrogen-bond donors (Lipinski definition) is 1. The summed E-state index contributed by atoms with van der Waals surface area (Å²) in [7, 11) is 0. The number of benzene rings is 1. The highest BCUT2D eigenvalue weighted by atomic mass is 16.5. The zero-order valence-electron chi connectivity index (χ0n) is 10.1. The number of carboxylic acids is 1. The largest absolute Gasteiger partial charge is 0.476 e. The Bertz CT molecular complexity index is 628. The van der Waals surface area contributed by atoms with Gasteiger partial charge in [0.2, 0.25) is 0 Å². The molecular weight excluding hydrogens is 230 g/mol. The standard InChI is InChI=1S/C14H13NO3/c1-8-5-6-11(10-4-2-3-9(8)10)13-7-12(14(16)17)15-18-13/h5-7H,2-4H2,1H3,(H,16,17). The van der Waals surface area contributed by atoms with Gasteiger partial charge in [-0.25, -0.2) is 4.79 Å². The maximum atomic E-state index is 10.8. The van der Waals surface area contributed by atoms with Gasteiger partial charge in [0, 0.05) is 11.6 Å². The summed E-state index contributed by atoms with van der Waals surface area (Å²) < 4.78 is 5.15. The Hall–Kier alpha value is -2.10. The van der Waals surface area contributed by atoms with Gasteiger partial charge >= 0.3 is 5.97 Å². The van der Waals surface area contributed by atoms with Crippen LogP contribution in [-0.4, -0.2) is 16.2 Å². The molecule has 0 bridgehead atoms. The highest BCUT2D eigenvalue weighted by Gasteiger charge is 2.21. The summed E-state index contributed by atoms with van der Waals surface area (Å²) in [6.07, 6.45) is 3.26. The summed E-state index contributed by atoms with van der Waals surface area (Å²) in [5.41, 5.74) is 4.89. The molecule has 0 saturated heterocycles. The van der Waals surface area contributed by atoms with Crippen LogP contribution in [-0.2, 0) is 12.8 Å². The molecule has 4 heteroatoms. The number of rotatable bonds is 2. The minimum atomic E-state index is -1.06. The minimum Gasteiger partial charge on any atom is -0.476 e. The van der Waals surface area contributed by atoms with Crippen molar-refractivity contribution in [1.29, 1.82) is 0 Å². The van der Waals surface area contributed by atoms with E-state index in [0.717, 1.165) is 24.8 Å². The summed E-state index contributed by atoms with van der Waals surface area (Å²) in [5.74, 6) is -0.515. The summed E-state index contributed by atoms with van der Waals surface area (Å²) in [5, 5.41) is 12.4. The van der Waals surface area contributed by atoms with Crippen LogP contribution in [0.2, 0.25) is 0 Å². The monoisotopic (exact) mass is 243 g/mol. The fourth-order valence-corrected chi connectivity index (χ4v) is 2.62. The molecule has 1 aliphatic rings. The van der Waals surface area contributed by atoms with Crippen LogP contribution in [0.25, 0.3) is 11.3 Å². The van der Waals surface area contributed by atoms with E-state index in [4.69, 9.17) is 9.63 Å². The van der Waals surface area contributed by atoms with Gasteiger partial charge in [-0.05, 0) is 42.9 Å². The fourth-order valence-electron chi connectivity index (χ4n) is 2.62. The lowest BCUT2D eigenvalue weighted by Crippen LogP contribution is -1.94. The predicted molar refractivity (Wildman–Crippen MR) is 65.7 cm³/mol. The molecule has 0 fully saturated rings. The molecule has 0 unspecified atom stereocenters. The average Bonchev–Trinajstić information content (AvgIpc) is 2.98. The Balaban J connectivity index is 2.12. The van der Waals surface area contributed by atoms with Crippen molar-refractivity contribution in [3.8, 4) is 11.3 Å². The van der Waals surface area contributed by atoms with E-state index >= 15 is 0 Å². The molecule has 0 saturated carbocycles. The first-order valence-corrected chi connectivity index (χ1v) is 5.98. The quantitative estimate of drug-likeness (QED) is 0.880. The Morgan fingerprint density at radius 3 is 2.83 bits per heavy atom. The molecule has 0 atom stereocenters. The molecule has 1 heterocycles. The van der Waals surface area contributed by atoms with E-state index in [0.29, 0.717) is 5.76 Å². The number of nitrogens with zero attached hydrogens (tertiary/aromatic N) is 1. The van der Waals surface area contributed by atoms with Crippen LogP contribution < -0.4 is 0 Å². The van der Waals surface area contributed by atoms with E-state index in [1.54, 1.807) is 0 Å². The fraction of sp³-hybridized carbons (Fsp3) is 0.286. The number of carbonyl (C=O) groups is 1. The molecule has 1 aliphatic carbocycles. The number of aryl methyl sites for hydroxylation is 1. The molecular formula is C14H13NO3. The summed E-state index contributed by atoms with van der Waals surface area (Å²) in [6.45, 7) is 2.11. The van der Waals surface area contributed by atoms with Crippen molar-refractivity contribution in [2.45, 2.75) is 26.2 Å². The van der Waals surface area contributed by atoms with Crippen LogP contribution in [0.3, 0.4) is 0 Å². The van der Waals surface area contributed by atoms with E-state index in [1.165, 1.54) is 22.8 Å². The second kappa shape index (κ2) is 3.98. The third-order valence-corrected chi connectivity index (χ3v) is 3.51. The smallest absolute Gasteiger partial charge is 0.358 e. The van der Waals surface area contributed by atoms with Crippen molar-refractivity contribution in [3.05, 3.63) is 40.6 Å². The molecule has 3 rings (SSSR count). The molecule has 1 N–H and O–H groups in total. The number of hydrogen-bond acceptors (Lipinski definition) is 3. The zero-order valence-corrected chi connectivity index (χ0v) is 10.1. The third-order valence-electron chi connectivity index (χ3n) is 3.51. The minimum absolute atomic E-state index is 0.0441. The van der Waals surface area contributed by atoms with Crippen LogP contribution in [0.1, 0.15) is 33.6 Å². The van der Waals surface area contributed by atoms with Crippen molar-refractivity contribution in [3.63, 3.8) is 0 Å². The molecule has 0 amide bonds. The zero-order chi connectivity index (χ0) is 12.7. The van der Waals surface area contributed by atoms with Crippen molar-refractivity contribution in [1.82, 2.24) is 5.16 Å². The number of aromatic nitrogens is 1. The maximum Gasteiger partial charge on any atom is 0.358 e. The maximum absolute atomic E-state index is 10.8. The van der Waals surface area contributed by atoms with Crippen molar-refractivity contribution in [2.75, 3.05) is 0 Å². The van der Waals surface area contributed by atoms with E-state index < -0.39 is 5.97 Å². The number of aromatic carboxylic acids is 1. The first kappa shape index (κ1) is 11.0. The van der Waals surface area contributed by atoms with E-state index in [9.17, 15) is 4.79 Å². The van der Waals surface area contributed by atoms with Gasteiger partial charge in [0.15, 0.2) is 11.5 Å². The van der Waals surface area contributed by atoms with Gasteiger partial charge in [0.25, 0.3) is 0 Å². The van der Waals surface area contributed by atoms with E-state index in [-0.39, 0.29) is 5.69 Å². The normalized spacial score (nSPS) is 13.6. The van der Waals surface area contributed by atoms with Gasteiger partial charge in [-0.1, -0.05) is 17.3 Å². The van der Waals surface area contributed by atoms with Gasteiger partial charge in [-0.15, -0.1) is 0 Å². The Kier molecular flexibility index (Phi) is 2.44. The second-order valence-corrected chi connectivity index (χ2v) is 4.62. The Morgan fingerprint density at radius 1 is 1.33 bits per heavy atom. The number of fused-ring (bicyclic) bond motifs is 1. The van der Waals surface area contributed by atoms with Crippen LogP contribution in [0.15, 0.2) is 22.7 Å². The highest BCUT2D eigenvalue weighted by molar-refractivity contribution is 5.86. The SMILES string of the molecule is Cc1ccc(-c2cc(C(=O)O)no2)c2c1CCC2. The lowest BCUT2D eigenvalue weighted by atomic mass is 9.97. The summed E-state index contributed by atoms with van der Waals surface area (Å²) >= 11 is 0. The van der Waals surface area contributed by atoms with Crippen LogP contribution >= 0.6 is 0 Å². The highest BCUT2D eigenvalue weighted by Crippen LogP contribution is 2.34. The van der Waals surface area contributed by atoms with Crippen LogP contribution in [0.5, 0.6) is 0 Å². The molecule has 1 aromatic carbocycles. The van der Waals surface area contributed by atoms with Gasteiger partial charge in [-0.3, -0.25) is 0 Å². The molecule has 0 aliphatic heterocycles. The third kappa shape index (κ3) is 1.61. The average molecular weight is 243 g/mol. The molecule has 18 heavy (non-hydrogen) atoms. The van der Waals surface area contributed by atoms with Crippen molar-refractivity contribution >= 4 is 5.97 Å². The first-order chi connectivity index (χ1) is 8.66. The first-order valence-electron chi connectivity index (χ1n) is 5.98. The lowest BCUT2D eigenvalue weighted by molar-refractivity contribution is 0.0686. The van der Waals surface area contributed by atoms with Crippen molar-refractivity contribution < 1.29 is 14.4 Å². The summed E-state index contributed by atoms with van der Waals surface area (Å²) in [6, 6.07) is 5.54. The van der Waals surface area contributed by atoms with Crippen LogP contribution in [0.4, 0.5) is 0 Å². The second-order valence-electron chi connectivity index (χ2n) is 4.62. The number of carboxylic acid groups (broad SMARTS) is 1. The van der Waals surface area contributed by atoms with Crippen LogP contribution in [0, 0.1) is 6.92 Å². The molecule has 4 nitrogen and oxygen atoms in total. The Morgan fingerprint density at radius 2 is 2.11 bits per heavy atom. The molecule has 92 valence electrons. The van der Waals surface area contributed by atoms with Gasteiger partial charge in [-0.2, -0.15) is 0 Å². The molecule has 0 spiro atoms. The predicted octanol–water partition coefficient (Wildman–Crippen LogP) is 2.84. The molecule has 2 aromatic rings. The summed E-state index contributed by atoms with van der Waals surface area (Å²) in [4.78, 5) is 10.8. The van der Waals surface area contributed by atoms with Gasteiger partial charge in [0.05, 0.1) is 0 Å².